The molecule has 1 aliphatic heterocycles. The van der Waals surface area contributed by atoms with Crippen LogP contribution in [0.25, 0.3) is 5.65 Å². The quantitative estimate of drug-likeness (QED) is 0.845. The fourth-order valence-electron chi connectivity index (χ4n) is 2.40. The van der Waals surface area contributed by atoms with Crippen molar-refractivity contribution in [3.8, 4) is 0 Å². The number of rotatable bonds is 2. The van der Waals surface area contributed by atoms with Gasteiger partial charge in [0.1, 0.15) is 11.6 Å². The molecular weight excluding hydrogens is 248 g/mol. The third-order valence-electron chi connectivity index (χ3n) is 3.31. The Morgan fingerprint density at radius 2 is 2.26 bits per heavy atom. The van der Waals surface area contributed by atoms with Crippen LogP contribution >= 0.6 is 0 Å². The van der Waals surface area contributed by atoms with E-state index in [1.807, 2.05) is 0 Å². The maximum absolute atomic E-state index is 12.4. The van der Waals surface area contributed by atoms with Gasteiger partial charge < -0.3 is 10.0 Å². The number of carboxylic acid groups (broad SMARTS) is 1. The van der Waals surface area contributed by atoms with Gasteiger partial charge in [0.25, 0.3) is 5.91 Å². The van der Waals surface area contributed by atoms with Gasteiger partial charge in [-0.25, -0.2) is 14.3 Å². The maximum atomic E-state index is 12.4. The average Bonchev–Trinajstić information content (AvgIpc) is 3.05. The summed E-state index contributed by atoms with van der Waals surface area (Å²) in [5, 5.41) is 13.2. The number of aliphatic carboxylic acids is 1. The van der Waals surface area contributed by atoms with Crippen molar-refractivity contribution in [1.29, 1.82) is 0 Å². The number of hydrogen-bond acceptors (Lipinski definition) is 4. The first kappa shape index (κ1) is 11.6. The second-order valence-electron chi connectivity index (χ2n) is 4.44. The normalized spacial score (nSPS) is 18.9. The predicted octanol–water partition coefficient (Wildman–Crippen LogP) is 0.418. The van der Waals surface area contributed by atoms with E-state index < -0.39 is 12.0 Å². The van der Waals surface area contributed by atoms with Gasteiger partial charge in [-0.1, -0.05) is 0 Å². The number of carbonyl (C=O) groups is 2. The molecule has 0 bridgehead atoms. The molecule has 3 heterocycles. The molecule has 0 aliphatic carbocycles. The largest absolute Gasteiger partial charge is 0.480 e. The first-order valence-corrected chi connectivity index (χ1v) is 6.00. The Morgan fingerprint density at radius 3 is 3.05 bits per heavy atom. The summed E-state index contributed by atoms with van der Waals surface area (Å²) >= 11 is 0. The van der Waals surface area contributed by atoms with Crippen LogP contribution in [0.2, 0.25) is 0 Å². The van der Waals surface area contributed by atoms with Gasteiger partial charge in [-0.2, -0.15) is 5.10 Å². The molecule has 7 nitrogen and oxygen atoms in total. The van der Waals surface area contributed by atoms with Crippen molar-refractivity contribution in [3.05, 3.63) is 30.2 Å². The van der Waals surface area contributed by atoms with Crippen LogP contribution in [0.5, 0.6) is 0 Å². The van der Waals surface area contributed by atoms with Crippen molar-refractivity contribution in [2.24, 2.45) is 0 Å². The van der Waals surface area contributed by atoms with Gasteiger partial charge in [0.05, 0.1) is 6.20 Å². The molecule has 2 aromatic heterocycles. The van der Waals surface area contributed by atoms with E-state index in [0.29, 0.717) is 30.6 Å². The van der Waals surface area contributed by atoms with Gasteiger partial charge in [0, 0.05) is 18.9 Å². The summed E-state index contributed by atoms with van der Waals surface area (Å²) in [6.07, 6.45) is 5.90. The lowest BCUT2D eigenvalue weighted by atomic mass is 10.2. The standard InChI is InChI=1S/C12H12N4O3/c17-11(15-5-1-3-9(15)12(18)19)8-7-14-16-6-2-4-13-10(8)16/h2,4,6-7,9H,1,3,5H2,(H,18,19). The van der Waals surface area contributed by atoms with E-state index in [9.17, 15) is 9.59 Å². The van der Waals surface area contributed by atoms with Crippen LogP contribution in [-0.4, -0.2) is 49.1 Å². The summed E-state index contributed by atoms with van der Waals surface area (Å²) in [7, 11) is 0. The molecule has 1 atom stereocenters. The Kier molecular flexibility index (Phi) is 2.66. The summed E-state index contributed by atoms with van der Waals surface area (Å²) < 4.78 is 1.50. The van der Waals surface area contributed by atoms with E-state index in [-0.39, 0.29) is 5.91 Å². The molecule has 1 saturated heterocycles. The number of fused-ring (bicyclic) bond motifs is 1. The number of carbonyl (C=O) groups excluding carboxylic acids is 1. The number of likely N-dealkylation sites (tertiary alicyclic amines) is 1. The van der Waals surface area contributed by atoms with Crippen LogP contribution in [0.15, 0.2) is 24.7 Å². The van der Waals surface area contributed by atoms with Crippen molar-refractivity contribution in [2.45, 2.75) is 18.9 Å². The minimum absolute atomic E-state index is 0.321. The van der Waals surface area contributed by atoms with Gasteiger partial charge in [0.2, 0.25) is 0 Å². The molecule has 0 aromatic carbocycles. The van der Waals surface area contributed by atoms with Crippen LogP contribution in [-0.2, 0) is 4.79 Å². The fraction of sp³-hybridized carbons (Fsp3) is 0.333. The summed E-state index contributed by atoms with van der Waals surface area (Å²) in [6, 6.07) is 0.968. The van der Waals surface area contributed by atoms with Crippen LogP contribution < -0.4 is 0 Å². The Morgan fingerprint density at radius 1 is 1.42 bits per heavy atom. The predicted molar refractivity (Wildman–Crippen MR) is 64.7 cm³/mol. The van der Waals surface area contributed by atoms with E-state index in [1.54, 1.807) is 18.5 Å². The van der Waals surface area contributed by atoms with E-state index in [0.717, 1.165) is 0 Å². The van der Waals surface area contributed by atoms with Crippen molar-refractivity contribution < 1.29 is 14.7 Å². The lowest BCUT2D eigenvalue weighted by Gasteiger charge is -2.20. The minimum Gasteiger partial charge on any atom is -0.480 e. The smallest absolute Gasteiger partial charge is 0.326 e. The van der Waals surface area contributed by atoms with Gasteiger partial charge in [-0.05, 0) is 18.9 Å². The van der Waals surface area contributed by atoms with E-state index in [2.05, 4.69) is 10.1 Å². The molecule has 19 heavy (non-hydrogen) atoms. The highest BCUT2D eigenvalue weighted by Gasteiger charge is 2.35. The molecule has 2 aromatic rings. The minimum atomic E-state index is -0.963. The zero-order valence-electron chi connectivity index (χ0n) is 10.1. The zero-order chi connectivity index (χ0) is 13.4. The van der Waals surface area contributed by atoms with E-state index >= 15 is 0 Å². The number of nitrogens with zero attached hydrogens (tertiary/aromatic N) is 4. The molecule has 1 unspecified atom stereocenters. The van der Waals surface area contributed by atoms with Gasteiger partial charge in [0.15, 0.2) is 5.65 Å². The first-order valence-electron chi connectivity index (χ1n) is 6.00. The van der Waals surface area contributed by atoms with Gasteiger partial charge in [-0.3, -0.25) is 4.79 Å². The monoisotopic (exact) mass is 260 g/mol. The van der Waals surface area contributed by atoms with Crippen molar-refractivity contribution in [2.75, 3.05) is 6.54 Å². The van der Waals surface area contributed by atoms with Crippen molar-refractivity contribution in [3.63, 3.8) is 0 Å². The molecule has 1 N–H and O–H groups in total. The SMILES string of the molecule is O=C(O)C1CCCN1C(=O)c1cnn2cccnc12. The van der Waals surface area contributed by atoms with E-state index in [4.69, 9.17) is 5.11 Å². The van der Waals surface area contributed by atoms with Crippen LogP contribution in [0.1, 0.15) is 23.2 Å². The fourth-order valence-corrected chi connectivity index (χ4v) is 2.40. The summed E-state index contributed by atoms with van der Waals surface area (Å²) in [5.74, 6) is -1.28. The Bertz CT molecular complexity index is 651. The molecule has 0 spiro atoms. The summed E-state index contributed by atoms with van der Waals surface area (Å²) in [4.78, 5) is 29.0. The number of aromatic nitrogens is 3. The molecule has 7 heteroatoms. The van der Waals surface area contributed by atoms with Gasteiger partial charge in [-0.15, -0.1) is 0 Å². The lowest BCUT2D eigenvalue weighted by Crippen LogP contribution is -2.40. The molecule has 1 fully saturated rings. The number of hydrogen-bond donors (Lipinski definition) is 1. The molecule has 1 amide bonds. The van der Waals surface area contributed by atoms with Crippen molar-refractivity contribution >= 4 is 17.5 Å². The second-order valence-corrected chi connectivity index (χ2v) is 4.44. The third kappa shape index (κ3) is 1.83. The van der Waals surface area contributed by atoms with Crippen LogP contribution in [0, 0.1) is 0 Å². The highest BCUT2D eigenvalue weighted by atomic mass is 16.4. The van der Waals surface area contributed by atoms with Crippen LogP contribution in [0.3, 0.4) is 0 Å². The summed E-state index contributed by atoms with van der Waals surface area (Å²) in [5.41, 5.74) is 0.789. The van der Waals surface area contributed by atoms with Crippen molar-refractivity contribution in [1.82, 2.24) is 19.5 Å². The molecular formula is C12H12N4O3. The molecule has 98 valence electrons. The molecule has 3 rings (SSSR count). The molecule has 0 saturated carbocycles. The Hall–Kier alpha value is -2.44. The number of amides is 1. The Balaban J connectivity index is 1.98. The topological polar surface area (TPSA) is 87.8 Å². The third-order valence-corrected chi connectivity index (χ3v) is 3.31. The molecule has 1 aliphatic rings. The molecule has 0 radical (unpaired) electrons. The highest BCUT2D eigenvalue weighted by Crippen LogP contribution is 2.21. The van der Waals surface area contributed by atoms with Crippen LogP contribution in [0.4, 0.5) is 0 Å². The summed E-state index contributed by atoms with van der Waals surface area (Å²) in [6.45, 7) is 0.458. The number of carboxylic acids is 1. The lowest BCUT2D eigenvalue weighted by molar-refractivity contribution is -0.141. The average molecular weight is 260 g/mol. The highest BCUT2D eigenvalue weighted by molar-refractivity contribution is 6.01. The second kappa shape index (κ2) is 4.34. The zero-order valence-corrected chi connectivity index (χ0v) is 10.1. The maximum Gasteiger partial charge on any atom is 0.326 e. The van der Waals surface area contributed by atoms with Gasteiger partial charge >= 0.3 is 5.97 Å². The first-order chi connectivity index (χ1) is 9.18. The van der Waals surface area contributed by atoms with E-state index in [1.165, 1.54) is 15.6 Å². The Labute approximate surface area is 108 Å².